The van der Waals surface area contributed by atoms with Crippen molar-refractivity contribution in [3.8, 4) is 0 Å². The van der Waals surface area contributed by atoms with E-state index in [1.807, 2.05) is 0 Å². The SMILES string of the molecule is CCNC(=NCCCN(CC)CC)NCCNC(=O)C1CC1.I. The van der Waals surface area contributed by atoms with Crippen molar-refractivity contribution in [1.29, 1.82) is 0 Å². The molecule has 1 fully saturated rings. The maximum Gasteiger partial charge on any atom is 0.223 e. The first-order valence-corrected chi connectivity index (χ1v) is 8.73. The van der Waals surface area contributed by atoms with Crippen molar-refractivity contribution < 1.29 is 4.79 Å². The molecule has 0 atom stereocenters. The molecule has 0 spiro atoms. The second kappa shape index (κ2) is 13.8. The highest BCUT2D eigenvalue weighted by Crippen LogP contribution is 2.28. The van der Waals surface area contributed by atoms with Crippen LogP contribution in [0.5, 0.6) is 0 Å². The fourth-order valence-corrected chi connectivity index (χ4v) is 2.22. The van der Waals surface area contributed by atoms with E-state index in [1.54, 1.807) is 0 Å². The van der Waals surface area contributed by atoms with Crippen LogP contribution in [0.15, 0.2) is 4.99 Å². The number of rotatable bonds is 11. The Labute approximate surface area is 158 Å². The zero-order valence-corrected chi connectivity index (χ0v) is 17.2. The Morgan fingerprint density at radius 3 is 2.30 bits per heavy atom. The molecule has 1 aliphatic carbocycles. The molecule has 0 aliphatic heterocycles. The zero-order valence-electron chi connectivity index (χ0n) is 14.9. The summed E-state index contributed by atoms with van der Waals surface area (Å²) in [5.74, 6) is 1.31. The number of nitrogens with one attached hydrogen (secondary N) is 3. The van der Waals surface area contributed by atoms with Gasteiger partial charge in [0.2, 0.25) is 5.91 Å². The van der Waals surface area contributed by atoms with Crippen LogP contribution in [0.25, 0.3) is 0 Å². The summed E-state index contributed by atoms with van der Waals surface area (Å²) in [5, 5.41) is 9.45. The molecule has 0 aromatic carbocycles. The number of hydrogen-bond acceptors (Lipinski definition) is 3. The van der Waals surface area contributed by atoms with Crippen molar-refractivity contribution in [1.82, 2.24) is 20.9 Å². The first kappa shape index (κ1) is 22.4. The molecule has 3 N–H and O–H groups in total. The van der Waals surface area contributed by atoms with Gasteiger partial charge in [-0.1, -0.05) is 13.8 Å². The van der Waals surface area contributed by atoms with Gasteiger partial charge in [-0.3, -0.25) is 9.79 Å². The largest absolute Gasteiger partial charge is 0.357 e. The predicted octanol–water partition coefficient (Wildman–Crippen LogP) is 1.42. The lowest BCUT2D eigenvalue weighted by molar-refractivity contribution is -0.122. The maximum atomic E-state index is 11.5. The van der Waals surface area contributed by atoms with Crippen LogP contribution in [-0.2, 0) is 4.79 Å². The molecule has 7 heteroatoms. The summed E-state index contributed by atoms with van der Waals surface area (Å²) < 4.78 is 0. The fourth-order valence-electron chi connectivity index (χ4n) is 2.22. The number of carbonyl (C=O) groups is 1. The van der Waals surface area contributed by atoms with E-state index in [-0.39, 0.29) is 35.8 Å². The first-order chi connectivity index (χ1) is 10.7. The molecule has 0 unspecified atom stereocenters. The van der Waals surface area contributed by atoms with E-state index >= 15 is 0 Å². The van der Waals surface area contributed by atoms with Crippen molar-refractivity contribution in [2.24, 2.45) is 10.9 Å². The summed E-state index contributed by atoms with van der Waals surface area (Å²) in [6.45, 7) is 12.7. The van der Waals surface area contributed by atoms with Gasteiger partial charge in [-0.05, 0) is 45.8 Å². The van der Waals surface area contributed by atoms with Crippen molar-refractivity contribution in [2.45, 2.75) is 40.0 Å². The van der Waals surface area contributed by atoms with Crippen LogP contribution in [0.3, 0.4) is 0 Å². The highest BCUT2D eigenvalue weighted by molar-refractivity contribution is 14.0. The fraction of sp³-hybridized carbons (Fsp3) is 0.875. The van der Waals surface area contributed by atoms with Gasteiger partial charge in [0, 0.05) is 32.1 Å². The highest BCUT2D eigenvalue weighted by Gasteiger charge is 2.28. The van der Waals surface area contributed by atoms with E-state index in [2.05, 4.69) is 46.6 Å². The third-order valence-corrected chi connectivity index (χ3v) is 3.81. The lowest BCUT2D eigenvalue weighted by atomic mass is 10.4. The van der Waals surface area contributed by atoms with E-state index in [9.17, 15) is 4.79 Å². The third kappa shape index (κ3) is 10.8. The molecule has 6 nitrogen and oxygen atoms in total. The summed E-state index contributed by atoms with van der Waals surface area (Å²) in [6.07, 6.45) is 3.17. The topological polar surface area (TPSA) is 68.8 Å². The Morgan fingerprint density at radius 2 is 1.74 bits per heavy atom. The Kier molecular flexibility index (Phi) is 13.5. The second-order valence-corrected chi connectivity index (χ2v) is 5.63. The molecular weight excluding hydrogens is 405 g/mol. The van der Waals surface area contributed by atoms with Gasteiger partial charge in [0.15, 0.2) is 5.96 Å². The molecule has 1 rings (SSSR count). The van der Waals surface area contributed by atoms with E-state index in [0.717, 1.165) is 57.9 Å². The first-order valence-electron chi connectivity index (χ1n) is 8.73. The molecule has 1 saturated carbocycles. The molecule has 1 aliphatic rings. The summed E-state index contributed by atoms with van der Waals surface area (Å²) in [4.78, 5) is 18.5. The number of hydrogen-bond donors (Lipinski definition) is 3. The van der Waals surface area contributed by atoms with Crippen LogP contribution in [0.4, 0.5) is 0 Å². The van der Waals surface area contributed by atoms with Crippen molar-refractivity contribution in [3.05, 3.63) is 0 Å². The lowest BCUT2D eigenvalue weighted by Crippen LogP contribution is -2.41. The van der Waals surface area contributed by atoms with Gasteiger partial charge in [0.1, 0.15) is 0 Å². The van der Waals surface area contributed by atoms with Crippen LogP contribution in [0, 0.1) is 5.92 Å². The van der Waals surface area contributed by atoms with Gasteiger partial charge in [-0.25, -0.2) is 0 Å². The van der Waals surface area contributed by atoms with Gasteiger partial charge in [-0.15, -0.1) is 24.0 Å². The van der Waals surface area contributed by atoms with E-state index < -0.39 is 0 Å². The van der Waals surface area contributed by atoms with Crippen molar-refractivity contribution in [3.63, 3.8) is 0 Å². The normalized spacial score (nSPS) is 14.3. The molecule has 0 heterocycles. The molecule has 0 aromatic rings. The summed E-state index contributed by atoms with van der Waals surface area (Å²) in [5.41, 5.74) is 0. The molecule has 1 amide bonds. The zero-order chi connectivity index (χ0) is 16.2. The standard InChI is InChI=1S/C16H33N5O.HI/c1-4-17-16(19-10-7-13-21(5-2)6-3)20-12-11-18-15(22)14-8-9-14;/h14H,4-13H2,1-3H3,(H,18,22)(H2,17,19,20);1H. The summed E-state index contributed by atoms with van der Waals surface area (Å²) in [6, 6.07) is 0. The summed E-state index contributed by atoms with van der Waals surface area (Å²) in [7, 11) is 0. The van der Waals surface area contributed by atoms with Crippen LogP contribution in [0.1, 0.15) is 40.0 Å². The van der Waals surface area contributed by atoms with E-state index in [4.69, 9.17) is 0 Å². The Bertz CT molecular complexity index is 343. The average Bonchev–Trinajstić information content (AvgIpc) is 3.36. The number of halogens is 1. The predicted molar refractivity (Wildman–Crippen MR) is 108 cm³/mol. The molecular formula is C16H34IN5O. The van der Waals surface area contributed by atoms with Crippen molar-refractivity contribution >= 4 is 35.8 Å². The Morgan fingerprint density at radius 1 is 1.09 bits per heavy atom. The van der Waals surface area contributed by atoms with Crippen LogP contribution in [-0.4, -0.2) is 62.6 Å². The molecule has 0 saturated heterocycles. The minimum atomic E-state index is 0. The van der Waals surface area contributed by atoms with Crippen molar-refractivity contribution in [2.75, 3.05) is 45.8 Å². The second-order valence-electron chi connectivity index (χ2n) is 5.63. The Hall–Kier alpha value is -0.570. The van der Waals surface area contributed by atoms with Gasteiger partial charge < -0.3 is 20.9 Å². The summed E-state index contributed by atoms with van der Waals surface area (Å²) >= 11 is 0. The highest BCUT2D eigenvalue weighted by atomic mass is 127. The number of amides is 1. The minimum absolute atomic E-state index is 0. The number of nitrogens with zero attached hydrogens (tertiary/aromatic N) is 2. The number of carbonyl (C=O) groups excluding carboxylic acids is 1. The third-order valence-electron chi connectivity index (χ3n) is 3.81. The average molecular weight is 439 g/mol. The van der Waals surface area contributed by atoms with Crippen LogP contribution in [0.2, 0.25) is 0 Å². The monoisotopic (exact) mass is 439 g/mol. The molecule has 23 heavy (non-hydrogen) atoms. The molecule has 0 aromatic heterocycles. The molecule has 0 bridgehead atoms. The van der Waals surface area contributed by atoms with Crippen LogP contribution < -0.4 is 16.0 Å². The van der Waals surface area contributed by atoms with Gasteiger partial charge in [0.05, 0.1) is 0 Å². The maximum absolute atomic E-state index is 11.5. The molecule has 0 radical (unpaired) electrons. The van der Waals surface area contributed by atoms with Gasteiger partial charge in [-0.2, -0.15) is 0 Å². The number of guanidine groups is 1. The lowest BCUT2D eigenvalue weighted by Gasteiger charge is -2.17. The molecule has 136 valence electrons. The number of aliphatic imine (C=N–C) groups is 1. The van der Waals surface area contributed by atoms with E-state index in [1.165, 1.54) is 0 Å². The van der Waals surface area contributed by atoms with Gasteiger partial charge >= 0.3 is 0 Å². The van der Waals surface area contributed by atoms with Gasteiger partial charge in [0.25, 0.3) is 0 Å². The van der Waals surface area contributed by atoms with E-state index in [0.29, 0.717) is 13.1 Å². The quantitative estimate of drug-likeness (QED) is 0.197. The van der Waals surface area contributed by atoms with Crippen LogP contribution >= 0.6 is 24.0 Å². The smallest absolute Gasteiger partial charge is 0.223 e. The Balaban J connectivity index is 0.00000484. The minimum Gasteiger partial charge on any atom is -0.357 e.